The van der Waals surface area contributed by atoms with Crippen molar-refractivity contribution in [2.24, 2.45) is 5.92 Å². The number of nitrogens with one attached hydrogen (secondary N) is 1. The summed E-state index contributed by atoms with van der Waals surface area (Å²) >= 11 is 0. The summed E-state index contributed by atoms with van der Waals surface area (Å²) in [6, 6.07) is 0.646. The molecule has 0 bridgehead atoms. The molecule has 1 fully saturated rings. The van der Waals surface area contributed by atoms with Gasteiger partial charge in [-0.1, -0.05) is 13.8 Å². The third-order valence-electron chi connectivity index (χ3n) is 1.98. The number of ether oxygens (including phenoxy) is 1. The summed E-state index contributed by atoms with van der Waals surface area (Å²) in [6.07, 6.45) is 1.64. The summed E-state index contributed by atoms with van der Waals surface area (Å²) in [4.78, 5) is 0. The van der Waals surface area contributed by atoms with Crippen LogP contribution < -0.4 is 5.32 Å². The van der Waals surface area contributed by atoms with Crippen molar-refractivity contribution in [1.82, 2.24) is 5.32 Å². The second kappa shape index (κ2) is 4.07. The fourth-order valence-electron chi connectivity index (χ4n) is 1.35. The average Bonchev–Trinajstić information content (AvgIpc) is 2.31. The van der Waals surface area contributed by atoms with Gasteiger partial charge in [-0.2, -0.15) is 0 Å². The minimum Gasteiger partial charge on any atom is -0.377 e. The zero-order valence-electron chi connectivity index (χ0n) is 7.76. The molecule has 0 radical (unpaired) electrons. The van der Waals surface area contributed by atoms with Gasteiger partial charge in [-0.15, -0.1) is 0 Å². The molecule has 0 aromatic rings. The Bertz CT molecular complexity index is 114. The van der Waals surface area contributed by atoms with Gasteiger partial charge in [0.25, 0.3) is 0 Å². The minimum absolute atomic E-state index is 0.465. The van der Waals surface area contributed by atoms with E-state index in [2.05, 4.69) is 26.1 Å². The molecule has 66 valence electrons. The van der Waals surface area contributed by atoms with Crippen molar-refractivity contribution in [1.29, 1.82) is 0 Å². The lowest BCUT2D eigenvalue weighted by atomic mass is 10.2. The SMILES string of the molecule is CC(C)COC1CN[C@H](C)C1. The number of rotatable bonds is 3. The van der Waals surface area contributed by atoms with E-state index in [1.54, 1.807) is 0 Å². The van der Waals surface area contributed by atoms with Gasteiger partial charge in [-0.05, 0) is 19.3 Å². The molecular formula is C9H19NO. The van der Waals surface area contributed by atoms with E-state index in [1.807, 2.05) is 0 Å². The van der Waals surface area contributed by atoms with E-state index in [0.717, 1.165) is 13.2 Å². The van der Waals surface area contributed by atoms with Crippen LogP contribution in [0, 0.1) is 5.92 Å². The molecule has 0 saturated carbocycles. The summed E-state index contributed by atoms with van der Waals surface area (Å²) in [6.45, 7) is 8.52. The van der Waals surface area contributed by atoms with Crippen molar-refractivity contribution in [3.63, 3.8) is 0 Å². The third-order valence-corrected chi connectivity index (χ3v) is 1.98. The molecule has 1 rings (SSSR count). The predicted octanol–water partition coefficient (Wildman–Crippen LogP) is 1.41. The monoisotopic (exact) mass is 157 g/mol. The molecule has 0 spiro atoms. The molecule has 0 aromatic heterocycles. The Morgan fingerprint density at radius 1 is 1.55 bits per heavy atom. The summed E-state index contributed by atoms with van der Waals surface area (Å²) < 4.78 is 5.67. The van der Waals surface area contributed by atoms with E-state index in [0.29, 0.717) is 18.1 Å². The van der Waals surface area contributed by atoms with Crippen molar-refractivity contribution < 1.29 is 4.74 Å². The van der Waals surface area contributed by atoms with Gasteiger partial charge in [0.2, 0.25) is 0 Å². The zero-order valence-corrected chi connectivity index (χ0v) is 7.76. The molecular weight excluding hydrogens is 138 g/mol. The first kappa shape index (κ1) is 9.01. The number of hydrogen-bond acceptors (Lipinski definition) is 2. The maximum atomic E-state index is 5.67. The predicted molar refractivity (Wildman–Crippen MR) is 46.7 cm³/mol. The minimum atomic E-state index is 0.465. The van der Waals surface area contributed by atoms with Crippen molar-refractivity contribution in [3.05, 3.63) is 0 Å². The Kier molecular flexibility index (Phi) is 3.34. The van der Waals surface area contributed by atoms with Gasteiger partial charge in [0.15, 0.2) is 0 Å². The Morgan fingerprint density at radius 3 is 2.73 bits per heavy atom. The van der Waals surface area contributed by atoms with E-state index in [4.69, 9.17) is 4.74 Å². The van der Waals surface area contributed by atoms with Crippen LogP contribution in [0.5, 0.6) is 0 Å². The first-order valence-corrected chi connectivity index (χ1v) is 4.53. The normalized spacial score (nSPS) is 31.6. The quantitative estimate of drug-likeness (QED) is 0.669. The maximum absolute atomic E-state index is 5.67. The molecule has 1 N–H and O–H groups in total. The highest BCUT2D eigenvalue weighted by atomic mass is 16.5. The Balaban J connectivity index is 2.08. The van der Waals surface area contributed by atoms with Crippen molar-refractivity contribution in [2.75, 3.05) is 13.2 Å². The lowest BCUT2D eigenvalue weighted by Gasteiger charge is -2.12. The fourth-order valence-corrected chi connectivity index (χ4v) is 1.35. The molecule has 1 heterocycles. The van der Waals surface area contributed by atoms with Gasteiger partial charge in [-0.3, -0.25) is 0 Å². The molecule has 2 nitrogen and oxygen atoms in total. The van der Waals surface area contributed by atoms with Gasteiger partial charge in [0.1, 0.15) is 0 Å². The molecule has 0 amide bonds. The Morgan fingerprint density at radius 2 is 2.27 bits per heavy atom. The molecule has 0 aliphatic carbocycles. The van der Waals surface area contributed by atoms with Crippen LogP contribution in [0.15, 0.2) is 0 Å². The van der Waals surface area contributed by atoms with E-state index >= 15 is 0 Å². The first-order valence-electron chi connectivity index (χ1n) is 4.53. The average molecular weight is 157 g/mol. The van der Waals surface area contributed by atoms with Crippen LogP contribution in [0.2, 0.25) is 0 Å². The highest BCUT2D eigenvalue weighted by Crippen LogP contribution is 2.10. The molecule has 11 heavy (non-hydrogen) atoms. The van der Waals surface area contributed by atoms with Gasteiger partial charge in [0, 0.05) is 19.2 Å². The second-order valence-corrected chi connectivity index (χ2v) is 3.89. The van der Waals surface area contributed by atoms with Crippen LogP contribution >= 0.6 is 0 Å². The standard InChI is InChI=1S/C9H19NO/c1-7(2)6-11-9-4-8(3)10-5-9/h7-10H,4-6H2,1-3H3/t8-,9?/m1/s1. The lowest BCUT2D eigenvalue weighted by Crippen LogP contribution is -2.20. The Labute approximate surface area is 69.3 Å². The van der Waals surface area contributed by atoms with Gasteiger partial charge >= 0.3 is 0 Å². The zero-order chi connectivity index (χ0) is 8.27. The highest BCUT2D eigenvalue weighted by Gasteiger charge is 2.20. The van der Waals surface area contributed by atoms with E-state index in [1.165, 1.54) is 6.42 Å². The molecule has 1 unspecified atom stereocenters. The molecule has 1 saturated heterocycles. The van der Waals surface area contributed by atoms with Crippen LogP contribution in [0.3, 0.4) is 0 Å². The van der Waals surface area contributed by atoms with Gasteiger partial charge < -0.3 is 10.1 Å². The van der Waals surface area contributed by atoms with Gasteiger partial charge in [-0.25, -0.2) is 0 Å². The van der Waals surface area contributed by atoms with Crippen LogP contribution in [-0.2, 0) is 4.74 Å². The van der Waals surface area contributed by atoms with Crippen molar-refractivity contribution >= 4 is 0 Å². The highest BCUT2D eigenvalue weighted by molar-refractivity contribution is 4.78. The Hall–Kier alpha value is -0.0800. The molecule has 2 heteroatoms. The lowest BCUT2D eigenvalue weighted by molar-refractivity contribution is 0.0474. The summed E-state index contributed by atoms with van der Waals surface area (Å²) in [5.41, 5.74) is 0. The molecule has 1 aliphatic heterocycles. The van der Waals surface area contributed by atoms with Crippen LogP contribution in [-0.4, -0.2) is 25.3 Å². The van der Waals surface area contributed by atoms with Crippen LogP contribution in [0.25, 0.3) is 0 Å². The number of hydrogen-bond donors (Lipinski definition) is 1. The molecule has 2 atom stereocenters. The van der Waals surface area contributed by atoms with Crippen molar-refractivity contribution in [3.8, 4) is 0 Å². The van der Waals surface area contributed by atoms with Crippen LogP contribution in [0.4, 0.5) is 0 Å². The molecule has 1 aliphatic rings. The third kappa shape index (κ3) is 3.21. The largest absolute Gasteiger partial charge is 0.377 e. The fraction of sp³-hybridized carbons (Fsp3) is 1.00. The second-order valence-electron chi connectivity index (χ2n) is 3.89. The van der Waals surface area contributed by atoms with E-state index in [-0.39, 0.29) is 0 Å². The maximum Gasteiger partial charge on any atom is 0.0714 e. The first-order chi connectivity index (χ1) is 5.18. The summed E-state index contributed by atoms with van der Waals surface area (Å²) in [7, 11) is 0. The molecule has 0 aromatic carbocycles. The summed E-state index contributed by atoms with van der Waals surface area (Å²) in [5.74, 6) is 0.658. The van der Waals surface area contributed by atoms with E-state index < -0.39 is 0 Å². The van der Waals surface area contributed by atoms with Crippen molar-refractivity contribution in [2.45, 2.75) is 39.3 Å². The van der Waals surface area contributed by atoms with Gasteiger partial charge in [0.05, 0.1) is 6.10 Å². The van der Waals surface area contributed by atoms with E-state index in [9.17, 15) is 0 Å². The van der Waals surface area contributed by atoms with Crippen LogP contribution in [0.1, 0.15) is 27.2 Å². The smallest absolute Gasteiger partial charge is 0.0714 e. The topological polar surface area (TPSA) is 21.3 Å². The summed E-state index contributed by atoms with van der Waals surface area (Å²) in [5, 5.41) is 3.37.